The van der Waals surface area contributed by atoms with Gasteiger partial charge in [0.1, 0.15) is 13.2 Å². The normalized spacial score (nSPS) is 12.8. The molecule has 4 aromatic rings. The molecule has 1 aromatic heterocycles. The Morgan fingerprint density at radius 2 is 1.55 bits per heavy atom. The number of aromatic nitrogens is 2. The van der Waals surface area contributed by atoms with Gasteiger partial charge in [0.25, 0.3) is 10.0 Å². The van der Waals surface area contributed by atoms with Crippen LogP contribution in [0.4, 0.5) is 5.82 Å². The van der Waals surface area contributed by atoms with E-state index >= 15 is 0 Å². The molecular formula is C25H25N3O4S. The SMILES string of the molecule is C.Cc1ccc(S(=O)(=O)Nc2nc3ccccc3nc2Cc2ccc3c(c2)OCCO3)cc1. The lowest BCUT2D eigenvalue weighted by Gasteiger charge is -2.19. The van der Waals surface area contributed by atoms with Gasteiger partial charge in [-0.3, -0.25) is 4.72 Å². The maximum atomic E-state index is 13.0. The van der Waals surface area contributed by atoms with E-state index in [0.29, 0.717) is 47.9 Å². The molecule has 0 unspecified atom stereocenters. The summed E-state index contributed by atoms with van der Waals surface area (Å²) in [6.45, 7) is 2.92. The van der Waals surface area contributed by atoms with Crippen LogP contribution < -0.4 is 14.2 Å². The number of hydrogen-bond acceptors (Lipinski definition) is 6. The number of ether oxygens (including phenoxy) is 2. The van der Waals surface area contributed by atoms with Gasteiger partial charge in [0.2, 0.25) is 0 Å². The minimum absolute atomic E-state index is 0. The summed E-state index contributed by atoms with van der Waals surface area (Å²) in [5.41, 5.74) is 3.72. The predicted molar refractivity (Wildman–Crippen MR) is 128 cm³/mol. The molecule has 8 heteroatoms. The maximum absolute atomic E-state index is 13.0. The van der Waals surface area contributed by atoms with Gasteiger partial charge in [-0.05, 0) is 48.9 Å². The number of fused-ring (bicyclic) bond motifs is 2. The van der Waals surface area contributed by atoms with Gasteiger partial charge >= 0.3 is 0 Å². The largest absolute Gasteiger partial charge is 0.486 e. The highest BCUT2D eigenvalue weighted by Crippen LogP contribution is 2.32. The highest BCUT2D eigenvalue weighted by atomic mass is 32.2. The standard InChI is InChI=1S/C24H21N3O4S.CH4/c1-16-6-9-18(10-7-16)32(28,29)27-24-21(25-19-4-2-3-5-20(19)26-24)14-17-8-11-22-23(15-17)31-13-12-30-22;/h2-11,15H,12-14H2,1H3,(H,26,27);1H4. The molecule has 7 nitrogen and oxygen atoms in total. The molecule has 0 atom stereocenters. The zero-order valence-corrected chi connectivity index (χ0v) is 18.2. The summed E-state index contributed by atoms with van der Waals surface area (Å²) in [4.78, 5) is 9.46. The molecule has 1 N–H and O–H groups in total. The molecule has 1 aliphatic rings. The first kappa shape index (κ1) is 22.5. The zero-order chi connectivity index (χ0) is 22.1. The Kier molecular flexibility index (Phi) is 6.20. The van der Waals surface area contributed by atoms with Crippen LogP contribution in [0, 0.1) is 6.92 Å². The van der Waals surface area contributed by atoms with E-state index in [1.54, 1.807) is 30.3 Å². The van der Waals surface area contributed by atoms with Crippen molar-refractivity contribution >= 4 is 26.9 Å². The molecule has 33 heavy (non-hydrogen) atoms. The first-order chi connectivity index (χ1) is 15.5. The quantitative estimate of drug-likeness (QED) is 0.460. The second-order valence-corrected chi connectivity index (χ2v) is 9.26. The molecule has 1 aliphatic heterocycles. The van der Waals surface area contributed by atoms with E-state index in [4.69, 9.17) is 14.5 Å². The van der Waals surface area contributed by atoms with Gasteiger partial charge in [0, 0.05) is 6.42 Å². The highest BCUT2D eigenvalue weighted by Gasteiger charge is 2.20. The van der Waals surface area contributed by atoms with E-state index in [9.17, 15) is 8.42 Å². The monoisotopic (exact) mass is 463 g/mol. The summed E-state index contributed by atoms with van der Waals surface area (Å²) in [6.07, 6.45) is 0.375. The van der Waals surface area contributed by atoms with Gasteiger partial charge in [0.05, 0.1) is 21.6 Å². The van der Waals surface area contributed by atoms with Crippen LogP contribution in [0.25, 0.3) is 11.0 Å². The van der Waals surface area contributed by atoms with E-state index in [1.807, 2.05) is 43.3 Å². The molecule has 0 bridgehead atoms. The highest BCUT2D eigenvalue weighted by molar-refractivity contribution is 7.92. The van der Waals surface area contributed by atoms with Gasteiger partial charge in [-0.2, -0.15) is 0 Å². The van der Waals surface area contributed by atoms with Gasteiger partial charge in [-0.25, -0.2) is 18.4 Å². The summed E-state index contributed by atoms with van der Waals surface area (Å²) >= 11 is 0. The minimum Gasteiger partial charge on any atom is -0.486 e. The van der Waals surface area contributed by atoms with Crippen LogP contribution in [0.2, 0.25) is 0 Å². The molecule has 3 aromatic carbocycles. The average Bonchev–Trinajstić information content (AvgIpc) is 2.79. The van der Waals surface area contributed by atoms with Crippen LogP contribution >= 0.6 is 0 Å². The molecular weight excluding hydrogens is 438 g/mol. The van der Waals surface area contributed by atoms with E-state index in [-0.39, 0.29) is 18.1 Å². The minimum atomic E-state index is -3.83. The molecule has 0 spiro atoms. The van der Waals surface area contributed by atoms with Crippen LogP contribution in [-0.4, -0.2) is 31.6 Å². The Morgan fingerprint density at radius 1 is 0.879 bits per heavy atom. The Hall–Kier alpha value is -3.65. The average molecular weight is 464 g/mol. The summed E-state index contributed by atoms with van der Waals surface area (Å²) in [5.74, 6) is 1.58. The molecule has 2 heterocycles. The van der Waals surface area contributed by atoms with Crippen molar-refractivity contribution in [3.8, 4) is 11.5 Å². The van der Waals surface area contributed by atoms with Gasteiger partial charge in [-0.1, -0.05) is 43.3 Å². The van der Waals surface area contributed by atoms with E-state index < -0.39 is 10.0 Å². The number of sulfonamides is 1. The number of nitrogens with one attached hydrogen (secondary N) is 1. The molecule has 0 aliphatic carbocycles. The van der Waals surface area contributed by atoms with Crippen molar-refractivity contribution in [3.63, 3.8) is 0 Å². The Labute approximate surface area is 193 Å². The van der Waals surface area contributed by atoms with E-state index in [2.05, 4.69) is 9.71 Å². The number of aryl methyl sites for hydroxylation is 1. The van der Waals surface area contributed by atoms with E-state index in [1.165, 1.54) is 0 Å². The van der Waals surface area contributed by atoms with Crippen molar-refractivity contribution in [2.24, 2.45) is 0 Å². The molecule has 5 rings (SSSR count). The molecule has 170 valence electrons. The third kappa shape index (κ3) is 4.75. The van der Waals surface area contributed by atoms with Crippen molar-refractivity contribution in [2.45, 2.75) is 25.7 Å². The van der Waals surface area contributed by atoms with Gasteiger partial charge < -0.3 is 9.47 Å². The zero-order valence-electron chi connectivity index (χ0n) is 17.4. The Bertz CT molecular complexity index is 1400. The van der Waals surface area contributed by atoms with Crippen molar-refractivity contribution in [1.82, 2.24) is 9.97 Å². The number of anilines is 1. The second kappa shape index (κ2) is 9.07. The third-order valence-electron chi connectivity index (χ3n) is 5.18. The lowest BCUT2D eigenvalue weighted by molar-refractivity contribution is 0.171. The summed E-state index contributed by atoms with van der Waals surface area (Å²) in [7, 11) is -3.83. The lowest BCUT2D eigenvalue weighted by Crippen LogP contribution is -2.17. The van der Waals surface area contributed by atoms with Crippen LogP contribution in [0.5, 0.6) is 11.5 Å². The molecule has 0 saturated carbocycles. The Morgan fingerprint density at radius 3 is 2.27 bits per heavy atom. The summed E-state index contributed by atoms with van der Waals surface area (Å²) in [6, 6.07) is 19.7. The van der Waals surface area contributed by atoms with Gasteiger partial charge in [0.15, 0.2) is 17.3 Å². The summed E-state index contributed by atoms with van der Waals surface area (Å²) < 4.78 is 40.0. The predicted octanol–water partition coefficient (Wildman–Crippen LogP) is 4.74. The number of para-hydroxylation sites is 2. The molecule has 0 saturated heterocycles. The number of rotatable bonds is 5. The number of benzene rings is 3. The maximum Gasteiger partial charge on any atom is 0.263 e. The van der Waals surface area contributed by atoms with E-state index in [0.717, 1.165) is 11.1 Å². The smallest absolute Gasteiger partial charge is 0.263 e. The van der Waals surface area contributed by atoms with Gasteiger partial charge in [-0.15, -0.1) is 0 Å². The fraction of sp³-hybridized carbons (Fsp3) is 0.200. The van der Waals surface area contributed by atoms with Crippen LogP contribution in [-0.2, 0) is 16.4 Å². The fourth-order valence-corrected chi connectivity index (χ4v) is 4.57. The molecule has 0 amide bonds. The lowest BCUT2D eigenvalue weighted by atomic mass is 10.1. The first-order valence-electron chi connectivity index (χ1n) is 10.2. The molecule has 0 radical (unpaired) electrons. The van der Waals surface area contributed by atoms with Crippen LogP contribution in [0.1, 0.15) is 24.2 Å². The molecule has 0 fully saturated rings. The summed E-state index contributed by atoms with van der Waals surface area (Å²) in [5, 5.41) is 0. The Balaban J connectivity index is 0.00000259. The van der Waals surface area contributed by atoms with Crippen LogP contribution in [0.3, 0.4) is 0 Å². The third-order valence-corrected chi connectivity index (χ3v) is 6.54. The topological polar surface area (TPSA) is 90.4 Å². The number of hydrogen-bond donors (Lipinski definition) is 1. The first-order valence-corrected chi connectivity index (χ1v) is 11.7. The van der Waals surface area contributed by atoms with Crippen molar-refractivity contribution < 1.29 is 17.9 Å². The second-order valence-electron chi connectivity index (χ2n) is 7.58. The number of nitrogens with zero attached hydrogens (tertiary/aromatic N) is 2. The van der Waals surface area contributed by atoms with Crippen molar-refractivity contribution in [3.05, 3.63) is 83.6 Å². The fourth-order valence-electron chi connectivity index (χ4n) is 3.54. The van der Waals surface area contributed by atoms with Crippen LogP contribution in [0.15, 0.2) is 71.6 Å². The van der Waals surface area contributed by atoms with Crippen molar-refractivity contribution in [1.29, 1.82) is 0 Å². The van der Waals surface area contributed by atoms with Crippen molar-refractivity contribution in [2.75, 3.05) is 17.9 Å².